The van der Waals surface area contributed by atoms with E-state index in [0.717, 1.165) is 77.5 Å². The Hall–Kier alpha value is -4.73. The molecule has 3 aromatic carbocycles. The summed E-state index contributed by atoms with van der Waals surface area (Å²) in [7, 11) is 1.93. The molecule has 0 bridgehead atoms. The van der Waals surface area contributed by atoms with Crippen LogP contribution in [0.5, 0.6) is 5.75 Å². The van der Waals surface area contributed by atoms with Crippen molar-refractivity contribution in [3.05, 3.63) is 97.5 Å². The van der Waals surface area contributed by atoms with E-state index in [1.165, 1.54) is 0 Å². The molecule has 3 aromatic heterocycles. The second-order valence-electron chi connectivity index (χ2n) is 13.9. The SMILES string of the molecule is CCOC(=O)c1cc2cc(C)cc(N3C[C@@H](C)n4c(c(CCCOc5cc(C)c(Cl)c(C)c5)c5ccc(Cl)c(-c6c(C)nn(C)c6C)c54)C3=O)c2[nH]1. The molecule has 11 heteroatoms. The number of ether oxygens (including phenoxy) is 2. The van der Waals surface area contributed by atoms with Crippen molar-refractivity contribution in [2.75, 3.05) is 24.7 Å². The van der Waals surface area contributed by atoms with E-state index >= 15 is 4.79 Å². The van der Waals surface area contributed by atoms with Crippen LogP contribution in [-0.4, -0.2) is 51.0 Å². The first-order valence-electron chi connectivity index (χ1n) is 17.7. The van der Waals surface area contributed by atoms with Crippen LogP contribution in [0.3, 0.4) is 0 Å². The van der Waals surface area contributed by atoms with Gasteiger partial charge in [-0.05, 0) is 120 Å². The Kier molecular flexibility index (Phi) is 9.38. The molecule has 52 heavy (non-hydrogen) atoms. The molecule has 1 atom stereocenters. The third kappa shape index (κ3) is 5.93. The lowest BCUT2D eigenvalue weighted by molar-refractivity contribution is 0.0520. The summed E-state index contributed by atoms with van der Waals surface area (Å²) in [5.41, 5.74) is 10.9. The Morgan fingerprint density at radius 3 is 2.42 bits per heavy atom. The highest BCUT2D eigenvalue weighted by Crippen LogP contribution is 2.45. The van der Waals surface area contributed by atoms with E-state index < -0.39 is 5.97 Å². The van der Waals surface area contributed by atoms with Crippen molar-refractivity contribution >= 4 is 62.6 Å². The average molecular weight is 741 g/mol. The van der Waals surface area contributed by atoms with E-state index in [2.05, 4.69) is 16.5 Å². The topological polar surface area (TPSA) is 94.4 Å². The molecule has 1 amide bonds. The maximum absolute atomic E-state index is 15.1. The van der Waals surface area contributed by atoms with E-state index in [1.54, 1.807) is 13.0 Å². The van der Waals surface area contributed by atoms with Crippen LogP contribution in [0.4, 0.5) is 5.69 Å². The molecule has 0 saturated carbocycles. The largest absolute Gasteiger partial charge is 0.494 e. The summed E-state index contributed by atoms with van der Waals surface area (Å²) in [6, 6.07) is 13.6. The number of carbonyl (C=O) groups excluding carboxylic acids is 2. The van der Waals surface area contributed by atoms with Crippen molar-refractivity contribution < 1.29 is 19.1 Å². The molecule has 4 heterocycles. The summed E-state index contributed by atoms with van der Waals surface area (Å²) in [5.74, 6) is 0.224. The molecule has 9 nitrogen and oxygen atoms in total. The Bertz CT molecular complexity index is 2400. The first-order chi connectivity index (χ1) is 24.8. The van der Waals surface area contributed by atoms with Gasteiger partial charge in [0.2, 0.25) is 0 Å². The van der Waals surface area contributed by atoms with E-state index in [4.69, 9.17) is 37.8 Å². The summed E-state index contributed by atoms with van der Waals surface area (Å²) in [6.45, 7) is 15.0. The van der Waals surface area contributed by atoms with Gasteiger partial charge in [0.1, 0.15) is 17.1 Å². The summed E-state index contributed by atoms with van der Waals surface area (Å²) < 4.78 is 15.6. The smallest absolute Gasteiger partial charge is 0.354 e. The van der Waals surface area contributed by atoms with E-state index in [-0.39, 0.29) is 18.6 Å². The molecule has 7 rings (SSSR count). The fourth-order valence-corrected chi connectivity index (χ4v) is 8.20. The van der Waals surface area contributed by atoms with Gasteiger partial charge in [0.15, 0.2) is 0 Å². The second kappa shape index (κ2) is 13.7. The number of aryl methyl sites for hydroxylation is 6. The molecule has 270 valence electrons. The van der Waals surface area contributed by atoms with Crippen LogP contribution in [0.15, 0.2) is 42.5 Å². The second-order valence-corrected chi connectivity index (χ2v) is 14.7. The molecule has 0 radical (unpaired) electrons. The van der Waals surface area contributed by atoms with Gasteiger partial charge in [-0.3, -0.25) is 9.48 Å². The van der Waals surface area contributed by atoms with Gasteiger partial charge in [-0.25, -0.2) is 4.79 Å². The van der Waals surface area contributed by atoms with E-state index in [1.807, 2.05) is 87.6 Å². The highest BCUT2D eigenvalue weighted by Gasteiger charge is 2.37. The lowest BCUT2D eigenvalue weighted by Crippen LogP contribution is -2.43. The maximum atomic E-state index is 15.1. The highest BCUT2D eigenvalue weighted by molar-refractivity contribution is 6.35. The number of aromatic nitrogens is 4. The van der Waals surface area contributed by atoms with Gasteiger partial charge in [0.05, 0.1) is 40.7 Å². The molecule has 0 saturated heterocycles. The predicted molar refractivity (Wildman–Crippen MR) is 209 cm³/mol. The van der Waals surface area contributed by atoms with Gasteiger partial charge < -0.3 is 23.9 Å². The Morgan fingerprint density at radius 2 is 1.75 bits per heavy atom. The number of amides is 1. The van der Waals surface area contributed by atoms with Crippen molar-refractivity contribution in [3.8, 4) is 16.9 Å². The number of hydrogen-bond donors (Lipinski definition) is 1. The van der Waals surface area contributed by atoms with Crippen molar-refractivity contribution in [1.29, 1.82) is 0 Å². The van der Waals surface area contributed by atoms with Gasteiger partial charge in [-0.2, -0.15) is 5.10 Å². The Balaban J connectivity index is 1.37. The van der Waals surface area contributed by atoms with Gasteiger partial charge in [-0.1, -0.05) is 29.3 Å². The average Bonchev–Trinajstić information content (AvgIpc) is 3.75. The first kappa shape index (κ1) is 35.7. The van der Waals surface area contributed by atoms with Crippen LogP contribution in [0.1, 0.15) is 80.9 Å². The number of rotatable bonds is 9. The minimum Gasteiger partial charge on any atom is -0.494 e. The van der Waals surface area contributed by atoms with E-state index in [0.29, 0.717) is 47.9 Å². The Morgan fingerprint density at radius 1 is 1.02 bits per heavy atom. The molecule has 0 aliphatic carbocycles. The van der Waals surface area contributed by atoms with Crippen LogP contribution in [0.25, 0.3) is 32.9 Å². The van der Waals surface area contributed by atoms with Crippen LogP contribution < -0.4 is 9.64 Å². The molecule has 0 spiro atoms. The summed E-state index contributed by atoms with van der Waals surface area (Å²) in [4.78, 5) is 32.9. The number of esters is 1. The molecule has 1 aliphatic rings. The zero-order chi connectivity index (χ0) is 37.2. The zero-order valence-electron chi connectivity index (χ0n) is 30.8. The third-order valence-electron chi connectivity index (χ3n) is 10.2. The molecule has 0 unspecified atom stereocenters. The van der Waals surface area contributed by atoms with Crippen LogP contribution in [0.2, 0.25) is 10.0 Å². The van der Waals surface area contributed by atoms with Crippen molar-refractivity contribution in [2.45, 2.75) is 67.3 Å². The van der Waals surface area contributed by atoms with Crippen LogP contribution in [-0.2, 0) is 18.2 Å². The normalized spacial score (nSPS) is 14.5. The van der Waals surface area contributed by atoms with Crippen LogP contribution in [0, 0.1) is 34.6 Å². The molecule has 0 fully saturated rings. The van der Waals surface area contributed by atoms with Crippen molar-refractivity contribution in [1.82, 2.24) is 19.3 Å². The fraction of sp³-hybridized carbons (Fsp3) is 0.341. The maximum Gasteiger partial charge on any atom is 0.354 e. The quantitative estimate of drug-likeness (QED) is 0.118. The zero-order valence-corrected chi connectivity index (χ0v) is 32.3. The van der Waals surface area contributed by atoms with Gasteiger partial charge in [-0.15, -0.1) is 0 Å². The molecule has 1 aliphatic heterocycles. The molecule has 6 aromatic rings. The van der Waals surface area contributed by atoms with Gasteiger partial charge in [0.25, 0.3) is 5.91 Å². The number of benzene rings is 3. The highest BCUT2D eigenvalue weighted by atomic mass is 35.5. The van der Waals surface area contributed by atoms with Crippen molar-refractivity contribution in [3.63, 3.8) is 0 Å². The van der Waals surface area contributed by atoms with Gasteiger partial charge >= 0.3 is 5.97 Å². The first-order valence-corrected chi connectivity index (χ1v) is 18.4. The standard InChI is InChI=1S/C41H43Cl2N5O4/c1-9-51-41(50)32-19-27-15-21(2)16-33(37(27)44-32)47-20-24(5)48-38-30(12-13-31(42)35(38)34-25(6)45-46(8)26(34)7)29(39(48)40(47)49)11-10-14-52-28-17-22(3)36(43)23(4)18-28/h12-13,15-19,24,44H,9-11,14,20H2,1-8H3/t24-/m1/s1. The number of fused-ring (bicyclic) bond motifs is 4. The summed E-state index contributed by atoms with van der Waals surface area (Å²) in [5, 5.41) is 7.89. The number of hydrogen-bond acceptors (Lipinski definition) is 5. The van der Waals surface area contributed by atoms with Gasteiger partial charge in [0, 0.05) is 52.3 Å². The third-order valence-corrected chi connectivity index (χ3v) is 11.1. The number of nitrogens with zero attached hydrogens (tertiary/aromatic N) is 4. The summed E-state index contributed by atoms with van der Waals surface area (Å²) in [6.07, 6.45) is 1.27. The predicted octanol–water partition coefficient (Wildman–Crippen LogP) is 9.78. The minimum atomic E-state index is -0.431. The number of carbonyl (C=O) groups is 2. The summed E-state index contributed by atoms with van der Waals surface area (Å²) >= 11 is 13.5. The monoisotopic (exact) mass is 739 g/mol. The number of nitrogens with one attached hydrogen (secondary N) is 1. The number of anilines is 1. The number of halogens is 2. The van der Waals surface area contributed by atoms with E-state index in [9.17, 15) is 4.79 Å². The molecule has 1 N–H and O–H groups in total. The Labute approximate surface area is 313 Å². The minimum absolute atomic E-state index is 0.116. The number of H-pyrrole nitrogens is 1. The molecular formula is C41H43Cl2N5O4. The molecular weight excluding hydrogens is 697 g/mol. The fourth-order valence-electron chi connectivity index (χ4n) is 7.84. The van der Waals surface area contributed by atoms with Crippen molar-refractivity contribution in [2.24, 2.45) is 7.05 Å². The lowest BCUT2D eigenvalue weighted by atomic mass is 9.98. The number of aromatic amines is 1. The lowest BCUT2D eigenvalue weighted by Gasteiger charge is -2.34. The van der Waals surface area contributed by atoms with Crippen LogP contribution >= 0.6 is 23.2 Å².